The number of nitrogens with zero attached hydrogens (tertiary/aromatic N) is 7. The summed E-state index contributed by atoms with van der Waals surface area (Å²) in [5.41, 5.74) is 13.1. The molecule has 0 bridgehead atoms. The molecule has 2 spiro atoms. The number of aromatic nitrogens is 6. The van der Waals surface area contributed by atoms with E-state index in [-0.39, 0.29) is 34.7 Å². The topological polar surface area (TPSA) is 219 Å². The first-order chi connectivity index (χ1) is 37.1. The number of benzene rings is 2. The molecule has 2 aromatic carbocycles. The van der Waals surface area contributed by atoms with Crippen LogP contribution in [0.5, 0.6) is 0 Å². The van der Waals surface area contributed by atoms with Gasteiger partial charge in [-0.1, -0.05) is 51.0 Å². The predicted octanol–water partition coefficient (Wildman–Crippen LogP) is 10.4. The number of hydrogen-bond acceptors (Lipinski definition) is 14. The fourth-order valence-corrected chi connectivity index (χ4v) is 16.2. The number of aromatic amines is 1. The molecule has 1 saturated carbocycles. The summed E-state index contributed by atoms with van der Waals surface area (Å²) in [6.45, 7) is 16.4. The van der Waals surface area contributed by atoms with Crippen LogP contribution in [0.4, 0.5) is 28.1 Å². The molecule has 1 amide bonds. The number of aryl methyl sites for hydroxylation is 4. The number of carbonyl (C=O) groups excluding carboxylic acids is 1. The number of hydrogen-bond donors (Lipinski definition) is 4. The summed E-state index contributed by atoms with van der Waals surface area (Å²) in [5.74, 6) is 0.704. The number of piperidine rings is 1. The fourth-order valence-electron chi connectivity index (χ4n) is 13.6. The summed E-state index contributed by atoms with van der Waals surface area (Å²) in [6, 6.07) is 5.76. The Kier molecular flexibility index (Phi) is 16.9. The number of anilines is 4. The SMILES string of the molecule is CC(C)(C)OC(=O)N1CCCC12CCCCC2.C[Si](C)(C)CCOCn1nc(S(=O)(=O)Cl)nc1Nc1c2c(cc3c1CCC3)CCC2.O=S(=O)(c1nc(Nc2c3c(cc4c2CCC4)CCC3)n[nH]1)N1CCC2(CCCN2)CC1. The van der Waals surface area contributed by atoms with Gasteiger partial charge in [-0.15, -0.1) is 10.2 Å². The van der Waals surface area contributed by atoms with Crippen LogP contribution in [0.1, 0.15) is 162 Å². The van der Waals surface area contributed by atoms with E-state index < -0.39 is 32.3 Å². The van der Waals surface area contributed by atoms with Crippen LogP contribution in [0.25, 0.3) is 0 Å². The molecule has 3 saturated heterocycles. The number of sulfonamides is 1. The number of carbonyl (C=O) groups is 1. The van der Waals surface area contributed by atoms with Crippen LogP contribution >= 0.6 is 10.7 Å². The van der Waals surface area contributed by atoms with Crippen LogP contribution in [0.2, 0.25) is 25.7 Å². The summed E-state index contributed by atoms with van der Waals surface area (Å²) >= 11 is 0. The van der Waals surface area contributed by atoms with Gasteiger partial charge in [0, 0.05) is 67.5 Å². The third-order valence-corrected chi connectivity index (χ3v) is 22.0. The van der Waals surface area contributed by atoms with Crippen molar-refractivity contribution in [2.45, 2.75) is 228 Å². The molecule has 12 rings (SSSR count). The lowest BCUT2D eigenvalue weighted by atomic mass is 9.80. The average molecular weight is 1150 g/mol. The molecule has 8 aliphatic rings. The first-order valence-electron chi connectivity index (χ1n) is 29.1. The van der Waals surface area contributed by atoms with Gasteiger partial charge in [0.1, 0.15) is 12.3 Å². The van der Waals surface area contributed by atoms with Crippen molar-refractivity contribution in [1.29, 1.82) is 0 Å². The molecule has 428 valence electrons. The molecule has 5 heterocycles. The van der Waals surface area contributed by atoms with Crippen molar-refractivity contribution < 1.29 is 31.1 Å². The van der Waals surface area contributed by atoms with Gasteiger partial charge < -0.3 is 30.3 Å². The largest absolute Gasteiger partial charge is 0.444 e. The molecule has 0 radical (unpaired) electrons. The van der Waals surface area contributed by atoms with Crippen LogP contribution in [0.15, 0.2) is 22.4 Å². The molecule has 4 N–H and O–H groups in total. The molecular formula is C56H84ClN11O7S2Si. The Labute approximate surface area is 468 Å². The molecule has 0 atom stereocenters. The van der Waals surface area contributed by atoms with Gasteiger partial charge in [0.05, 0.1) is 0 Å². The van der Waals surface area contributed by atoms with E-state index in [4.69, 9.17) is 20.2 Å². The van der Waals surface area contributed by atoms with Crippen molar-refractivity contribution in [3.05, 3.63) is 56.6 Å². The molecule has 4 fully saturated rings. The quantitative estimate of drug-likeness (QED) is 0.0590. The highest BCUT2D eigenvalue weighted by molar-refractivity contribution is 8.13. The lowest BCUT2D eigenvalue weighted by Crippen LogP contribution is -2.51. The van der Waals surface area contributed by atoms with Crippen molar-refractivity contribution in [1.82, 2.24) is 44.5 Å². The van der Waals surface area contributed by atoms with Crippen LogP contribution in [-0.4, -0.2) is 120 Å². The number of halogens is 1. The van der Waals surface area contributed by atoms with Gasteiger partial charge in [-0.25, -0.2) is 31.4 Å². The summed E-state index contributed by atoms with van der Waals surface area (Å²) in [5, 5.41) is 21.0. The molecule has 2 aromatic heterocycles. The Morgan fingerprint density at radius 1 is 0.718 bits per heavy atom. The van der Waals surface area contributed by atoms with Crippen molar-refractivity contribution in [3.63, 3.8) is 0 Å². The average Bonchev–Trinajstić information content (AvgIpc) is 4.33. The Morgan fingerprint density at radius 2 is 1.28 bits per heavy atom. The van der Waals surface area contributed by atoms with E-state index in [0.29, 0.717) is 31.6 Å². The zero-order valence-corrected chi connectivity index (χ0v) is 50.4. The highest BCUT2D eigenvalue weighted by Gasteiger charge is 2.46. The number of fused-ring (bicyclic) bond motifs is 4. The maximum Gasteiger partial charge on any atom is 0.410 e. The van der Waals surface area contributed by atoms with Gasteiger partial charge in [-0.3, -0.25) is 0 Å². The van der Waals surface area contributed by atoms with Gasteiger partial charge in [0.15, 0.2) is 0 Å². The lowest BCUT2D eigenvalue weighted by Gasteiger charge is -2.41. The maximum atomic E-state index is 13.2. The summed E-state index contributed by atoms with van der Waals surface area (Å²) in [6.07, 6.45) is 25.6. The van der Waals surface area contributed by atoms with Crippen LogP contribution < -0.4 is 16.0 Å². The van der Waals surface area contributed by atoms with E-state index in [0.717, 1.165) is 120 Å². The molecular weight excluding hydrogens is 1070 g/mol. The Hall–Kier alpha value is -4.12. The Balaban J connectivity index is 0.000000138. The van der Waals surface area contributed by atoms with Crippen LogP contribution in [0.3, 0.4) is 0 Å². The second-order valence-corrected chi connectivity index (χ2v) is 35.4. The minimum atomic E-state index is -4.03. The second-order valence-electron chi connectivity index (χ2n) is 25.4. The predicted molar refractivity (Wildman–Crippen MR) is 307 cm³/mol. The number of H-pyrrole nitrogens is 1. The summed E-state index contributed by atoms with van der Waals surface area (Å²) in [7, 11) is -3.39. The molecule has 5 aliphatic carbocycles. The van der Waals surface area contributed by atoms with Gasteiger partial charge in [-0.05, 0) is 206 Å². The van der Waals surface area contributed by atoms with E-state index >= 15 is 0 Å². The van der Waals surface area contributed by atoms with Crippen LogP contribution in [-0.2, 0) is 86.6 Å². The van der Waals surface area contributed by atoms with Crippen molar-refractivity contribution in [2.75, 3.05) is 43.4 Å². The van der Waals surface area contributed by atoms with Crippen molar-refractivity contribution >= 4 is 67.2 Å². The molecule has 22 heteroatoms. The monoisotopic (exact) mass is 1150 g/mol. The highest BCUT2D eigenvalue weighted by Crippen LogP contribution is 2.44. The van der Waals surface area contributed by atoms with E-state index in [2.05, 4.69) is 73.0 Å². The van der Waals surface area contributed by atoms with Crippen molar-refractivity contribution in [2.24, 2.45) is 0 Å². The van der Waals surface area contributed by atoms with Crippen molar-refractivity contribution in [3.8, 4) is 0 Å². The molecule has 3 aliphatic heterocycles. The van der Waals surface area contributed by atoms with Gasteiger partial charge in [0.25, 0.3) is 29.4 Å². The standard InChI is InChI=1S/C22H30N6O2S.C20H29ClN4O3SSi.C14H25NO2/c29-31(30,28-12-9-22(10-13-28)8-3-11-23-22)21-25-20(26-27-21)24-19-17-6-1-4-15(17)14-16-5-2-7-18(16)19;1-30(2,3)11-10-28-13-25-19(23-20(24-25)29(21,26)27)22-18-16-8-4-6-14(16)12-15-7-5-9-17(15)18;1-13(2,3)17-12(16)15-11-7-10-14(15)8-5-4-6-9-14/h14,23H,1-13H2,(H2,24,25,26,27);12H,4-11,13H2,1-3H3,(H,22,23,24);4-11H2,1-3H3. The minimum absolute atomic E-state index is 0.0606. The molecule has 18 nitrogen and oxygen atoms in total. The molecule has 0 unspecified atom stereocenters. The number of rotatable bonds is 12. The second kappa shape index (κ2) is 23.0. The highest BCUT2D eigenvalue weighted by atomic mass is 35.7. The Morgan fingerprint density at radius 3 is 1.81 bits per heavy atom. The number of nitrogens with one attached hydrogen (secondary N) is 4. The zero-order chi connectivity index (χ0) is 55.1. The number of amides is 1. The molecule has 78 heavy (non-hydrogen) atoms. The van der Waals surface area contributed by atoms with E-state index in [1.807, 2.05) is 25.7 Å². The van der Waals surface area contributed by atoms with Crippen LogP contribution in [0, 0.1) is 0 Å². The van der Waals surface area contributed by atoms with E-state index in [9.17, 15) is 21.6 Å². The minimum Gasteiger partial charge on any atom is -0.444 e. The maximum absolute atomic E-state index is 13.2. The first-order valence-corrected chi connectivity index (χ1v) is 36.6. The smallest absolute Gasteiger partial charge is 0.410 e. The summed E-state index contributed by atoms with van der Waals surface area (Å²) in [4.78, 5) is 22.8. The first kappa shape index (κ1) is 57.1. The lowest BCUT2D eigenvalue weighted by molar-refractivity contribution is 0.000546. The number of likely N-dealkylation sites (tertiary alicyclic amines) is 1. The van der Waals surface area contributed by atoms with Gasteiger partial charge >= 0.3 is 6.09 Å². The van der Waals surface area contributed by atoms with Gasteiger partial charge in [-0.2, -0.15) is 14.3 Å². The van der Waals surface area contributed by atoms with Gasteiger partial charge in [0.2, 0.25) is 11.9 Å². The van der Waals surface area contributed by atoms with E-state index in [1.165, 1.54) is 107 Å². The fraction of sp³-hybridized carbons (Fsp3) is 0.696. The zero-order valence-electron chi connectivity index (χ0n) is 47.1. The normalized spacial score (nSPS) is 20.4. The number of ether oxygens (including phenoxy) is 2. The van der Waals surface area contributed by atoms with E-state index in [1.54, 1.807) is 4.31 Å². The third-order valence-electron chi connectivity index (χ3n) is 17.6. The third kappa shape index (κ3) is 12.8. The molecule has 4 aromatic rings. The summed E-state index contributed by atoms with van der Waals surface area (Å²) < 4.78 is 64.4. The Bertz CT molecular complexity index is 2990.